The van der Waals surface area contributed by atoms with Gasteiger partial charge in [-0.3, -0.25) is 0 Å². The van der Waals surface area contributed by atoms with Crippen molar-refractivity contribution in [3.8, 4) is 11.6 Å². The van der Waals surface area contributed by atoms with E-state index >= 15 is 0 Å². The summed E-state index contributed by atoms with van der Waals surface area (Å²) in [5, 5.41) is 4.29. The lowest BCUT2D eigenvalue weighted by molar-refractivity contribution is 0.399. The molecule has 4 nitrogen and oxygen atoms in total. The van der Waals surface area contributed by atoms with Crippen LogP contribution in [0, 0.1) is 19.7 Å². The lowest BCUT2D eigenvalue weighted by Gasteiger charge is -2.10. The highest BCUT2D eigenvalue weighted by Crippen LogP contribution is 2.29. The Bertz CT molecular complexity index is 593. The Morgan fingerprint density at radius 2 is 2.11 bits per heavy atom. The summed E-state index contributed by atoms with van der Waals surface area (Å²) in [5.74, 6) is 0.372. The smallest absolute Gasteiger partial charge is 0.221 e. The van der Waals surface area contributed by atoms with Gasteiger partial charge in [0.2, 0.25) is 5.88 Å². The molecule has 102 valence electrons. The minimum Gasteiger partial charge on any atom is -0.436 e. The van der Waals surface area contributed by atoms with Gasteiger partial charge >= 0.3 is 0 Å². The summed E-state index contributed by atoms with van der Waals surface area (Å²) in [4.78, 5) is 0. The van der Waals surface area contributed by atoms with Crippen molar-refractivity contribution in [2.24, 2.45) is 12.8 Å². The van der Waals surface area contributed by atoms with Gasteiger partial charge in [-0.1, -0.05) is 6.07 Å². The summed E-state index contributed by atoms with van der Waals surface area (Å²) in [6.45, 7) is 4.28. The Hall–Kier alpha value is -1.88. The number of benzene rings is 1. The van der Waals surface area contributed by atoms with Gasteiger partial charge in [-0.2, -0.15) is 5.10 Å². The number of halogens is 1. The molecule has 1 aromatic carbocycles. The minimum atomic E-state index is -0.386. The van der Waals surface area contributed by atoms with E-state index in [2.05, 4.69) is 5.10 Å². The number of nitrogens with two attached hydrogens (primary N) is 1. The van der Waals surface area contributed by atoms with Crippen molar-refractivity contribution in [1.29, 1.82) is 0 Å². The van der Waals surface area contributed by atoms with Gasteiger partial charge < -0.3 is 10.5 Å². The lowest BCUT2D eigenvalue weighted by Crippen LogP contribution is -2.05. The van der Waals surface area contributed by atoms with Crippen molar-refractivity contribution in [2.45, 2.75) is 20.3 Å². The van der Waals surface area contributed by atoms with Gasteiger partial charge in [0.05, 0.1) is 5.69 Å². The number of hydrogen-bond donors (Lipinski definition) is 1. The molecule has 1 aromatic heterocycles. The maximum Gasteiger partial charge on any atom is 0.221 e. The summed E-state index contributed by atoms with van der Waals surface area (Å²) in [7, 11) is 1.77. The van der Waals surface area contributed by atoms with Crippen LogP contribution in [0.5, 0.6) is 11.6 Å². The fraction of sp³-hybridized carbons (Fsp3) is 0.357. The molecular weight excluding hydrogens is 245 g/mol. The standard InChI is InChI=1S/C14H18FN3O/c1-9-4-5-12(15)13(8-9)19-14-11(6-7-16)10(2)17-18(14)3/h4-5,8H,6-7,16H2,1-3H3. The number of nitrogens with zero attached hydrogens (tertiary/aromatic N) is 2. The normalized spacial score (nSPS) is 10.8. The number of aryl methyl sites for hydroxylation is 3. The predicted octanol–water partition coefficient (Wildman–Crippen LogP) is 2.47. The van der Waals surface area contributed by atoms with Crippen LogP contribution in [-0.2, 0) is 13.5 Å². The molecule has 2 rings (SSSR count). The van der Waals surface area contributed by atoms with E-state index in [1.807, 2.05) is 13.8 Å². The largest absolute Gasteiger partial charge is 0.436 e. The molecule has 0 aliphatic heterocycles. The van der Waals surface area contributed by atoms with E-state index < -0.39 is 0 Å². The zero-order valence-corrected chi connectivity index (χ0v) is 11.4. The van der Waals surface area contributed by atoms with Crippen molar-refractivity contribution in [3.63, 3.8) is 0 Å². The van der Waals surface area contributed by atoms with E-state index in [0.29, 0.717) is 18.8 Å². The van der Waals surface area contributed by atoms with Crippen LogP contribution in [-0.4, -0.2) is 16.3 Å². The summed E-state index contributed by atoms with van der Waals surface area (Å²) >= 11 is 0. The van der Waals surface area contributed by atoms with Gasteiger partial charge in [0.15, 0.2) is 11.6 Å². The number of rotatable bonds is 4. The van der Waals surface area contributed by atoms with Crippen molar-refractivity contribution in [1.82, 2.24) is 9.78 Å². The average molecular weight is 263 g/mol. The Labute approximate surface area is 112 Å². The lowest BCUT2D eigenvalue weighted by atomic mass is 10.2. The third-order valence-electron chi connectivity index (χ3n) is 2.98. The molecule has 2 N–H and O–H groups in total. The van der Waals surface area contributed by atoms with Crippen LogP contribution in [0.3, 0.4) is 0 Å². The second-order valence-corrected chi connectivity index (χ2v) is 4.57. The molecule has 1 heterocycles. The minimum absolute atomic E-state index is 0.210. The molecule has 5 heteroatoms. The highest BCUT2D eigenvalue weighted by molar-refractivity contribution is 5.38. The fourth-order valence-electron chi connectivity index (χ4n) is 2.03. The zero-order chi connectivity index (χ0) is 14.0. The Balaban J connectivity index is 2.40. The Morgan fingerprint density at radius 3 is 2.79 bits per heavy atom. The SMILES string of the molecule is Cc1ccc(F)c(Oc2c(CCN)c(C)nn2C)c1. The first-order chi connectivity index (χ1) is 9.02. The van der Waals surface area contributed by atoms with Crippen molar-refractivity contribution < 1.29 is 9.13 Å². The molecule has 0 fully saturated rings. The quantitative estimate of drug-likeness (QED) is 0.922. The molecule has 0 radical (unpaired) electrons. The molecule has 0 saturated carbocycles. The Kier molecular flexibility index (Phi) is 3.85. The summed E-state index contributed by atoms with van der Waals surface area (Å²) in [5.41, 5.74) is 8.31. The molecule has 2 aromatic rings. The van der Waals surface area contributed by atoms with Crippen LogP contribution >= 0.6 is 0 Å². The van der Waals surface area contributed by atoms with Gasteiger partial charge in [-0.25, -0.2) is 9.07 Å². The summed E-state index contributed by atoms with van der Waals surface area (Å²) < 4.78 is 21.0. The van der Waals surface area contributed by atoms with Crippen LogP contribution < -0.4 is 10.5 Å². The first kappa shape index (κ1) is 13.5. The van der Waals surface area contributed by atoms with Crippen LogP contribution in [0.25, 0.3) is 0 Å². The van der Waals surface area contributed by atoms with E-state index in [4.69, 9.17) is 10.5 Å². The molecule has 0 bridgehead atoms. The third kappa shape index (κ3) is 2.76. The van der Waals surface area contributed by atoms with Gasteiger partial charge in [-0.05, 0) is 44.5 Å². The maximum atomic E-state index is 13.7. The summed E-state index contributed by atoms with van der Waals surface area (Å²) in [6, 6.07) is 4.78. The molecule has 0 unspecified atom stereocenters. The topological polar surface area (TPSA) is 53.1 Å². The van der Waals surface area contributed by atoms with Crippen molar-refractivity contribution in [3.05, 3.63) is 40.8 Å². The Morgan fingerprint density at radius 1 is 1.37 bits per heavy atom. The highest BCUT2D eigenvalue weighted by Gasteiger charge is 2.16. The monoisotopic (exact) mass is 263 g/mol. The molecule has 0 aliphatic carbocycles. The molecule has 0 atom stereocenters. The van der Waals surface area contributed by atoms with E-state index in [0.717, 1.165) is 16.8 Å². The number of aromatic nitrogens is 2. The molecule has 19 heavy (non-hydrogen) atoms. The first-order valence-electron chi connectivity index (χ1n) is 6.19. The fourth-order valence-corrected chi connectivity index (χ4v) is 2.03. The van der Waals surface area contributed by atoms with Crippen molar-refractivity contribution in [2.75, 3.05) is 6.54 Å². The summed E-state index contributed by atoms with van der Waals surface area (Å²) in [6.07, 6.45) is 0.655. The van der Waals surface area contributed by atoms with Crippen LogP contribution in [0.1, 0.15) is 16.8 Å². The zero-order valence-electron chi connectivity index (χ0n) is 11.4. The van der Waals surface area contributed by atoms with Gasteiger partial charge in [0.25, 0.3) is 0 Å². The molecule has 0 aliphatic rings. The average Bonchev–Trinajstić information content (AvgIpc) is 2.61. The second-order valence-electron chi connectivity index (χ2n) is 4.57. The molecule has 0 saturated heterocycles. The third-order valence-corrected chi connectivity index (χ3v) is 2.98. The van der Waals surface area contributed by atoms with Gasteiger partial charge in [0.1, 0.15) is 0 Å². The first-order valence-corrected chi connectivity index (χ1v) is 6.19. The molecular formula is C14H18FN3O. The van der Waals surface area contributed by atoms with Gasteiger partial charge in [0, 0.05) is 12.6 Å². The second kappa shape index (κ2) is 5.40. The number of hydrogen-bond acceptors (Lipinski definition) is 3. The van der Waals surface area contributed by atoms with E-state index in [1.54, 1.807) is 23.9 Å². The van der Waals surface area contributed by atoms with Crippen molar-refractivity contribution >= 4 is 0 Å². The van der Waals surface area contributed by atoms with Gasteiger partial charge in [-0.15, -0.1) is 0 Å². The van der Waals surface area contributed by atoms with Crippen LogP contribution in [0.15, 0.2) is 18.2 Å². The van der Waals surface area contributed by atoms with E-state index in [9.17, 15) is 4.39 Å². The van der Waals surface area contributed by atoms with E-state index in [1.165, 1.54) is 6.07 Å². The number of ether oxygens (including phenoxy) is 1. The highest BCUT2D eigenvalue weighted by atomic mass is 19.1. The maximum absolute atomic E-state index is 13.7. The van der Waals surface area contributed by atoms with Crippen LogP contribution in [0.4, 0.5) is 4.39 Å². The van der Waals surface area contributed by atoms with Crippen LogP contribution in [0.2, 0.25) is 0 Å². The predicted molar refractivity (Wildman–Crippen MR) is 71.9 cm³/mol. The van der Waals surface area contributed by atoms with E-state index in [-0.39, 0.29) is 11.6 Å². The molecule has 0 spiro atoms. The molecule has 0 amide bonds.